The molecule has 0 radical (unpaired) electrons. The van der Waals surface area contributed by atoms with Crippen LogP contribution in [0.15, 0.2) is 18.2 Å². The molecule has 2 heteroatoms. The molecule has 0 aliphatic carbocycles. The molecule has 0 aromatic heterocycles. The molecule has 72 valence electrons. The number of rotatable bonds is 4. The Labute approximate surface area is 79.9 Å². The number of benzene rings is 1. The Hall–Kier alpha value is -0.860. The lowest BCUT2D eigenvalue weighted by Gasteiger charge is -2.07. The Balaban J connectivity index is 2.59. The molecule has 1 aromatic carbocycles. The molecular weight excluding hydrogens is 162 g/mol. The maximum atomic E-state index is 4.92. The standard InChI is InChI=1S/C11H17NO/c1-9-4-5-10(2)11(6-9)7-12-8-13-3/h4-6,12H,7-8H2,1-3H3. The first-order chi connectivity index (χ1) is 6.24. The van der Waals surface area contributed by atoms with Crippen LogP contribution >= 0.6 is 0 Å². The van der Waals surface area contributed by atoms with E-state index in [1.165, 1.54) is 16.7 Å². The van der Waals surface area contributed by atoms with Crippen molar-refractivity contribution in [3.63, 3.8) is 0 Å². The molecule has 0 aliphatic rings. The second-order valence-corrected chi connectivity index (χ2v) is 3.29. The maximum absolute atomic E-state index is 4.92. The summed E-state index contributed by atoms with van der Waals surface area (Å²) in [6.45, 7) is 5.72. The van der Waals surface area contributed by atoms with E-state index in [0.717, 1.165) is 6.54 Å². The Morgan fingerprint density at radius 3 is 2.77 bits per heavy atom. The number of nitrogens with one attached hydrogen (secondary N) is 1. The first-order valence-electron chi connectivity index (χ1n) is 4.50. The van der Waals surface area contributed by atoms with E-state index in [2.05, 4.69) is 37.4 Å². The van der Waals surface area contributed by atoms with Gasteiger partial charge >= 0.3 is 0 Å². The number of hydrogen-bond acceptors (Lipinski definition) is 2. The summed E-state index contributed by atoms with van der Waals surface area (Å²) in [5.74, 6) is 0. The third-order valence-corrected chi connectivity index (χ3v) is 2.07. The summed E-state index contributed by atoms with van der Waals surface area (Å²) in [4.78, 5) is 0. The minimum Gasteiger partial charge on any atom is -0.370 e. The topological polar surface area (TPSA) is 21.3 Å². The monoisotopic (exact) mass is 179 g/mol. The molecule has 1 aromatic rings. The van der Waals surface area contributed by atoms with E-state index >= 15 is 0 Å². The largest absolute Gasteiger partial charge is 0.370 e. The highest BCUT2D eigenvalue weighted by molar-refractivity contribution is 5.30. The molecule has 0 fully saturated rings. The SMILES string of the molecule is COCNCc1cc(C)ccc1C. The third kappa shape index (κ3) is 3.17. The van der Waals surface area contributed by atoms with E-state index in [1.807, 2.05) is 0 Å². The van der Waals surface area contributed by atoms with Crippen molar-refractivity contribution < 1.29 is 4.74 Å². The normalized spacial score (nSPS) is 10.4. The number of hydrogen-bond donors (Lipinski definition) is 1. The molecule has 13 heavy (non-hydrogen) atoms. The van der Waals surface area contributed by atoms with Crippen LogP contribution in [0.2, 0.25) is 0 Å². The van der Waals surface area contributed by atoms with Gasteiger partial charge in [0, 0.05) is 13.7 Å². The van der Waals surface area contributed by atoms with Gasteiger partial charge in [0.2, 0.25) is 0 Å². The lowest BCUT2D eigenvalue weighted by molar-refractivity contribution is 0.174. The van der Waals surface area contributed by atoms with E-state index in [9.17, 15) is 0 Å². The number of aryl methyl sites for hydroxylation is 2. The van der Waals surface area contributed by atoms with Gasteiger partial charge in [-0.05, 0) is 25.0 Å². The molecule has 0 spiro atoms. The summed E-state index contributed by atoms with van der Waals surface area (Å²) < 4.78 is 4.92. The van der Waals surface area contributed by atoms with Crippen LogP contribution < -0.4 is 5.32 Å². The second-order valence-electron chi connectivity index (χ2n) is 3.29. The Kier molecular flexibility index (Phi) is 3.93. The maximum Gasteiger partial charge on any atom is 0.0964 e. The molecule has 0 atom stereocenters. The summed E-state index contributed by atoms with van der Waals surface area (Å²) in [7, 11) is 1.69. The van der Waals surface area contributed by atoms with E-state index in [1.54, 1.807) is 7.11 Å². The van der Waals surface area contributed by atoms with E-state index in [-0.39, 0.29) is 0 Å². The van der Waals surface area contributed by atoms with E-state index in [4.69, 9.17) is 4.74 Å². The average molecular weight is 179 g/mol. The summed E-state index contributed by atoms with van der Waals surface area (Å²) in [5.41, 5.74) is 3.98. The van der Waals surface area contributed by atoms with Crippen LogP contribution in [0.25, 0.3) is 0 Å². The van der Waals surface area contributed by atoms with Gasteiger partial charge in [-0.25, -0.2) is 0 Å². The fourth-order valence-electron chi connectivity index (χ4n) is 1.28. The summed E-state index contributed by atoms with van der Waals surface area (Å²) in [6.07, 6.45) is 0. The van der Waals surface area contributed by atoms with E-state index < -0.39 is 0 Å². The lowest BCUT2D eigenvalue weighted by atomic mass is 10.1. The van der Waals surface area contributed by atoms with Crippen molar-refractivity contribution in [1.29, 1.82) is 0 Å². The zero-order chi connectivity index (χ0) is 9.68. The molecule has 0 aliphatic heterocycles. The van der Waals surface area contributed by atoms with Crippen molar-refractivity contribution >= 4 is 0 Å². The van der Waals surface area contributed by atoms with Gasteiger partial charge in [-0.3, -0.25) is 5.32 Å². The Bertz CT molecular complexity index is 271. The number of ether oxygens (including phenoxy) is 1. The van der Waals surface area contributed by atoms with Crippen LogP contribution in [0.5, 0.6) is 0 Å². The highest BCUT2D eigenvalue weighted by atomic mass is 16.5. The van der Waals surface area contributed by atoms with Gasteiger partial charge in [-0.2, -0.15) is 0 Å². The summed E-state index contributed by atoms with van der Waals surface area (Å²) in [6, 6.07) is 6.49. The van der Waals surface area contributed by atoms with Crippen LogP contribution in [0, 0.1) is 13.8 Å². The van der Waals surface area contributed by atoms with Gasteiger partial charge < -0.3 is 4.74 Å². The highest BCUT2D eigenvalue weighted by Gasteiger charge is 1.97. The van der Waals surface area contributed by atoms with Crippen molar-refractivity contribution in [2.75, 3.05) is 13.8 Å². The highest BCUT2D eigenvalue weighted by Crippen LogP contribution is 2.09. The zero-order valence-corrected chi connectivity index (χ0v) is 8.55. The lowest BCUT2D eigenvalue weighted by Crippen LogP contribution is -2.16. The van der Waals surface area contributed by atoms with Gasteiger partial charge in [0.05, 0.1) is 6.73 Å². The van der Waals surface area contributed by atoms with Gasteiger partial charge in [-0.15, -0.1) is 0 Å². The quantitative estimate of drug-likeness (QED) is 0.564. The van der Waals surface area contributed by atoms with Crippen LogP contribution in [0.1, 0.15) is 16.7 Å². The smallest absolute Gasteiger partial charge is 0.0964 e. The molecule has 1 N–H and O–H groups in total. The predicted octanol–water partition coefficient (Wildman–Crippen LogP) is 2.00. The van der Waals surface area contributed by atoms with Crippen LogP contribution in [-0.4, -0.2) is 13.8 Å². The Morgan fingerprint density at radius 1 is 1.31 bits per heavy atom. The fourth-order valence-corrected chi connectivity index (χ4v) is 1.28. The van der Waals surface area contributed by atoms with Gasteiger partial charge in [-0.1, -0.05) is 23.8 Å². The van der Waals surface area contributed by atoms with Crippen molar-refractivity contribution in [3.05, 3.63) is 34.9 Å². The molecular formula is C11H17NO. The van der Waals surface area contributed by atoms with Crippen molar-refractivity contribution in [2.45, 2.75) is 20.4 Å². The van der Waals surface area contributed by atoms with E-state index in [0.29, 0.717) is 6.73 Å². The molecule has 0 unspecified atom stereocenters. The average Bonchev–Trinajstić information content (AvgIpc) is 2.11. The van der Waals surface area contributed by atoms with Crippen LogP contribution in [0.3, 0.4) is 0 Å². The zero-order valence-electron chi connectivity index (χ0n) is 8.55. The molecule has 0 heterocycles. The summed E-state index contributed by atoms with van der Waals surface area (Å²) in [5, 5.41) is 3.20. The molecule has 0 saturated heterocycles. The fraction of sp³-hybridized carbons (Fsp3) is 0.455. The van der Waals surface area contributed by atoms with Gasteiger partial charge in [0.1, 0.15) is 0 Å². The minimum absolute atomic E-state index is 0.605. The first-order valence-corrected chi connectivity index (χ1v) is 4.50. The molecule has 1 rings (SSSR count). The molecule has 0 saturated carbocycles. The van der Waals surface area contributed by atoms with Crippen molar-refractivity contribution in [2.24, 2.45) is 0 Å². The van der Waals surface area contributed by atoms with Crippen LogP contribution in [0.4, 0.5) is 0 Å². The van der Waals surface area contributed by atoms with Gasteiger partial charge in [0.15, 0.2) is 0 Å². The molecule has 0 bridgehead atoms. The third-order valence-electron chi connectivity index (χ3n) is 2.07. The molecule has 0 amide bonds. The molecule has 2 nitrogen and oxygen atoms in total. The van der Waals surface area contributed by atoms with Gasteiger partial charge in [0.25, 0.3) is 0 Å². The van der Waals surface area contributed by atoms with Crippen molar-refractivity contribution in [3.8, 4) is 0 Å². The minimum atomic E-state index is 0.605. The number of methoxy groups -OCH3 is 1. The first kappa shape index (κ1) is 10.2. The van der Waals surface area contributed by atoms with Crippen LogP contribution in [-0.2, 0) is 11.3 Å². The second kappa shape index (κ2) is 5.00. The summed E-state index contributed by atoms with van der Waals surface area (Å²) >= 11 is 0. The van der Waals surface area contributed by atoms with Crippen molar-refractivity contribution in [1.82, 2.24) is 5.32 Å². The Morgan fingerprint density at radius 2 is 2.08 bits per heavy atom. The predicted molar refractivity (Wildman–Crippen MR) is 54.6 cm³/mol.